The highest BCUT2D eigenvalue weighted by atomic mass is 35.5. The van der Waals surface area contributed by atoms with Crippen molar-refractivity contribution in [3.05, 3.63) is 17.0 Å². The van der Waals surface area contributed by atoms with Gasteiger partial charge in [0.25, 0.3) is 0 Å². The zero-order chi connectivity index (χ0) is 13.1. The molecule has 1 aromatic rings. The number of methoxy groups -OCH3 is 1. The van der Waals surface area contributed by atoms with Crippen molar-refractivity contribution in [2.75, 3.05) is 38.7 Å². The Morgan fingerprint density at radius 2 is 2.22 bits per heavy atom. The van der Waals surface area contributed by atoms with E-state index in [1.54, 1.807) is 7.11 Å². The topological polar surface area (TPSA) is 41.5 Å². The lowest BCUT2D eigenvalue weighted by molar-refractivity contribution is 0.177. The predicted octanol–water partition coefficient (Wildman–Crippen LogP) is 1.42. The van der Waals surface area contributed by atoms with E-state index in [2.05, 4.69) is 33.7 Å². The van der Waals surface area contributed by atoms with Crippen LogP contribution in [0, 0.1) is 0 Å². The molecule has 2 heterocycles. The Labute approximate surface area is 113 Å². The monoisotopic (exact) mass is 270 g/mol. The van der Waals surface area contributed by atoms with Crippen LogP contribution in [-0.2, 0) is 11.3 Å². The van der Waals surface area contributed by atoms with Crippen LogP contribution in [0.4, 0.5) is 5.82 Å². The van der Waals surface area contributed by atoms with Gasteiger partial charge in [0.05, 0.1) is 0 Å². The van der Waals surface area contributed by atoms with E-state index in [1.165, 1.54) is 0 Å². The van der Waals surface area contributed by atoms with E-state index in [4.69, 9.17) is 16.3 Å². The largest absolute Gasteiger partial charge is 0.377 e. The van der Waals surface area contributed by atoms with Gasteiger partial charge >= 0.3 is 0 Å². The smallest absolute Gasteiger partial charge is 0.158 e. The third-order valence-corrected chi connectivity index (χ3v) is 3.32. The Morgan fingerprint density at radius 3 is 2.89 bits per heavy atom. The average molecular weight is 271 g/mol. The lowest BCUT2D eigenvalue weighted by Crippen LogP contribution is -2.50. The van der Waals surface area contributed by atoms with Crippen LogP contribution in [0.3, 0.4) is 0 Å². The summed E-state index contributed by atoms with van der Waals surface area (Å²) in [6, 6.07) is 2.24. The first kappa shape index (κ1) is 13.5. The highest BCUT2D eigenvalue weighted by Gasteiger charge is 2.23. The molecule has 0 bridgehead atoms. The number of hydrogen-bond acceptors (Lipinski definition) is 5. The van der Waals surface area contributed by atoms with Gasteiger partial charge in [-0.15, -0.1) is 0 Å². The summed E-state index contributed by atoms with van der Waals surface area (Å²) in [5, 5.41) is 0.471. The first-order valence-corrected chi connectivity index (χ1v) is 6.45. The van der Waals surface area contributed by atoms with Gasteiger partial charge in [0, 0.05) is 38.9 Å². The quantitative estimate of drug-likeness (QED) is 0.777. The Bertz CT molecular complexity index is 415. The van der Waals surface area contributed by atoms with Crippen molar-refractivity contribution in [1.82, 2.24) is 14.9 Å². The zero-order valence-electron chi connectivity index (χ0n) is 11.1. The first-order chi connectivity index (χ1) is 8.60. The molecule has 0 radical (unpaired) electrons. The van der Waals surface area contributed by atoms with Crippen LogP contribution >= 0.6 is 11.6 Å². The van der Waals surface area contributed by atoms with Gasteiger partial charge in [0.1, 0.15) is 17.6 Å². The number of likely N-dealkylation sites (N-methyl/N-ethyl adjacent to an activating group) is 1. The molecule has 1 saturated heterocycles. The Balaban J connectivity index is 2.21. The minimum absolute atomic E-state index is 0.385. The summed E-state index contributed by atoms with van der Waals surface area (Å²) >= 11 is 6.04. The maximum absolute atomic E-state index is 6.04. The molecule has 1 aliphatic rings. The number of rotatable bonds is 3. The molecule has 0 saturated carbocycles. The Morgan fingerprint density at radius 1 is 1.44 bits per heavy atom. The maximum Gasteiger partial charge on any atom is 0.158 e. The minimum Gasteiger partial charge on any atom is -0.377 e. The molecule has 0 aromatic carbocycles. The van der Waals surface area contributed by atoms with Crippen LogP contribution in [0.5, 0.6) is 0 Å². The van der Waals surface area contributed by atoms with Crippen LogP contribution in [0.1, 0.15) is 12.7 Å². The summed E-state index contributed by atoms with van der Waals surface area (Å²) < 4.78 is 5.06. The summed E-state index contributed by atoms with van der Waals surface area (Å²) in [5.41, 5.74) is 0. The number of nitrogens with zero attached hydrogens (tertiary/aromatic N) is 4. The number of anilines is 1. The molecule has 0 spiro atoms. The van der Waals surface area contributed by atoms with Crippen LogP contribution in [0.25, 0.3) is 0 Å². The fraction of sp³-hybridized carbons (Fsp3) is 0.667. The first-order valence-electron chi connectivity index (χ1n) is 6.07. The van der Waals surface area contributed by atoms with Crippen LogP contribution in [0.2, 0.25) is 5.15 Å². The standard InChI is InChI=1S/C12H19ClN4O/c1-9-7-16(2)4-5-17(9)12-6-10(13)14-11(15-12)8-18-3/h6,9H,4-5,7-8H2,1-3H3. The summed E-state index contributed by atoms with van der Waals surface area (Å²) in [5.74, 6) is 1.52. The van der Waals surface area contributed by atoms with E-state index in [-0.39, 0.29) is 0 Å². The third kappa shape index (κ3) is 3.10. The van der Waals surface area contributed by atoms with Gasteiger partial charge in [0.2, 0.25) is 0 Å². The summed E-state index contributed by atoms with van der Waals surface area (Å²) in [6.45, 7) is 5.60. The van der Waals surface area contributed by atoms with Gasteiger partial charge in [-0.25, -0.2) is 9.97 Å². The normalized spacial score (nSPS) is 21.3. The lowest BCUT2D eigenvalue weighted by Gasteiger charge is -2.39. The lowest BCUT2D eigenvalue weighted by atomic mass is 10.2. The number of piperazine rings is 1. The summed E-state index contributed by atoms with van der Waals surface area (Å²) in [7, 11) is 3.76. The average Bonchev–Trinajstić information content (AvgIpc) is 2.28. The molecule has 6 heteroatoms. The fourth-order valence-corrected chi connectivity index (χ4v) is 2.47. The van der Waals surface area contributed by atoms with E-state index >= 15 is 0 Å². The van der Waals surface area contributed by atoms with Crippen molar-refractivity contribution < 1.29 is 4.74 Å². The number of ether oxygens (including phenoxy) is 1. The summed E-state index contributed by atoms with van der Waals surface area (Å²) in [6.07, 6.45) is 0. The second-order valence-corrected chi connectivity index (χ2v) is 5.09. The molecular weight excluding hydrogens is 252 g/mol. The molecule has 18 heavy (non-hydrogen) atoms. The minimum atomic E-state index is 0.385. The van der Waals surface area contributed by atoms with Gasteiger partial charge in [-0.2, -0.15) is 0 Å². The molecule has 1 atom stereocenters. The second-order valence-electron chi connectivity index (χ2n) is 4.70. The number of hydrogen-bond donors (Lipinski definition) is 0. The zero-order valence-corrected chi connectivity index (χ0v) is 11.8. The molecular formula is C12H19ClN4O. The van der Waals surface area contributed by atoms with E-state index in [1.807, 2.05) is 6.07 Å². The molecule has 1 aliphatic heterocycles. The summed E-state index contributed by atoms with van der Waals surface area (Å²) in [4.78, 5) is 13.2. The molecule has 5 nitrogen and oxygen atoms in total. The second kappa shape index (κ2) is 5.82. The Kier molecular flexibility index (Phi) is 4.37. The van der Waals surface area contributed by atoms with Gasteiger partial charge in [0.15, 0.2) is 5.82 Å². The molecule has 100 valence electrons. The SMILES string of the molecule is COCc1nc(Cl)cc(N2CCN(C)CC2C)n1. The van der Waals surface area contributed by atoms with Crippen molar-refractivity contribution in [2.24, 2.45) is 0 Å². The van der Waals surface area contributed by atoms with E-state index in [0.29, 0.717) is 23.6 Å². The highest BCUT2D eigenvalue weighted by molar-refractivity contribution is 6.29. The fourth-order valence-electron chi connectivity index (χ4n) is 2.27. The van der Waals surface area contributed by atoms with Gasteiger partial charge in [-0.1, -0.05) is 11.6 Å². The molecule has 1 unspecified atom stereocenters. The van der Waals surface area contributed by atoms with Crippen molar-refractivity contribution in [3.8, 4) is 0 Å². The molecule has 1 fully saturated rings. The van der Waals surface area contributed by atoms with Crippen molar-refractivity contribution >= 4 is 17.4 Å². The van der Waals surface area contributed by atoms with Crippen molar-refractivity contribution in [3.63, 3.8) is 0 Å². The van der Waals surface area contributed by atoms with Gasteiger partial charge in [-0.05, 0) is 14.0 Å². The predicted molar refractivity (Wildman–Crippen MR) is 72.1 cm³/mol. The maximum atomic E-state index is 6.04. The molecule has 0 aliphatic carbocycles. The van der Waals surface area contributed by atoms with Crippen molar-refractivity contribution in [1.29, 1.82) is 0 Å². The van der Waals surface area contributed by atoms with E-state index in [0.717, 1.165) is 25.5 Å². The molecule has 0 amide bonds. The van der Waals surface area contributed by atoms with Crippen LogP contribution < -0.4 is 4.90 Å². The molecule has 2 rings (SSSR count). The van der Waals surface area contributed by atoms with E-state index < -0.39 is 0 Å². The van der Waals surface area contributed by atoms with Gasteiger partial charge in [-0.3, -0.25) is 0 Å². The molecule has 0 N–H and O–H groups in total. The van der Waals surface area contributed by atoms with Crippen LogP contribution in [-0.4, -0.2) is 54.7 Å². The number of halogens is 1. The van der Waals surface area contributed by atoms with Crippen LogP contribution in [0.15, 0.2) is 6.07 Å². The molecule has 1 aromatic heterocycles. The van der Waals surface area contributed by atoms with Crippen molar-refractivity contribution in [2.45, 2.75) is 19.6 Å². The van der Waals surface area contributed by atoms with Gasteiger partial charge < -0.3 is 14.5 Å². The van der Waals surface area contributed by atoms with E-state index in [9.17, 15) is 0 Å². The number of aromatic nitrogens is 2. The third-order valence-electron chi connectivity index (χ3n) is 3.13. The Hall–Kier alpha value is -0.910. The highest BCUT2D eigenvalue weighted by Crippen LogP contribution is 2.21.